The van der Waals surface area contributed by atoms with Gasteiger partial charge < -0.3 is 19.1 Å². The van der Waals surface area contributed by atoms with Gasteiger partial charge in [-0.2, -0.15) is 0 Å². The molecule has 0 aliphatic rings. The van der Waals surface area contributed by atoms with Crippen LogP contribution in [0, 0.1) is 10.1 Å². The van der Waals surface area contributed by atoms with E-state index in [1.165, 1.54) is 51.7 Å². The summed E-state index contributed by atoms with van der Waals surface area (Å²) in [6.45, 7) is 0. The van der Waals surface area contributed by atoms with Crippen LogP contribution in [-0.2, 0) is 35.7 Å². The average molecular weight is 450 g/mol. The number of carbonyl (C=O) groups excluding carboxylic acids is 2. The lowest BCUT2D eigenvalue weighted by atomic mass is 10.0. The largest absolute Gasteiger partial charge is 0.467 e. The molecule has 0 aliphatic carbocycles. The Bertz CT molecular complexity index is 985. The standard InChI is InChI=1S/C20H23N2O8P/c1-28-20(24)17(12-16-6-4-5-7-18(16)22(25)26)21-19(23)15-10-8-14(9-11-15)13-31(27,29-2)30-3/h4-11,17H,12-13H2,1-3H3,(H,21,23)/t17-/m0/s1. The van der Waals surface area contributed by atoms with Crippen LogP contribution >= 0.6 is 7.60 Å². The summed E-state index contributed by atoms with van der Waals surface area (Å²) < 4.78 is 26.8. The van der Waals surface area contributed by atoms with Gasteiger partial charge in [-0.1, -0.05) is 30.3 Å². The van der Waals surface area contributed by atoms with Gasteiger partial charge in [-0.15, -0.1) is 0 Å². The van der Waals surface area contributed by atoms with Crippen molar-refractivity contribution in [3.05, 3.63) is 75.3 Å². The zero-order chi connectivity index (χ0) is 23.0. The first-order valence-corrected chi connectivity index (χ1v) is 10.9. The molecule has 2 aromatic carbocycles. The quantitative estimate of drug-likeness (QED) is 0.253. The lowest BCUT2D eigenvalue weighted by Crippen LogP contribution is -2.43. The minimum absolute atomic E-state index is 0.0321. The van der Waals surface area contributed by atoms with Gasteiger partial charge in [0.15, 0.2) is 0 Å². The minimum atomic E-state index is -3.25. The Morgan fingerprint density at radius 3 is 2.23 bits per heavy atom. The number of nitrogens with one attached hydrogen (secondary N) is 1. The summed E-state index contributed by atoms with van der Waals surface area (Å²) in [5.74, 6) is -1.30. The molecule has 0 spiro atoms. The molecule has 0 aromatic heterocycles. The molecule has 166 valence electrons. The molecule has 10 nitrogen and oxygen atoms in total. The Hall–Kier alpha value is -3.07. The molecule has 1 amide bonds. The molecule has 2 aromatic rings. The van der Waals surface area contributed by atoms with E-state index >= 15 is 0 Å². The first-order chi connectivity index (χ1) is 14.7. The van der Waals surface area contributed by atoms with Crippen LogP contribution in [0.4, 0.5) is 5.69 Å². The number of rotatable bonds is 10. The Labute approximate surface area is 179 Å². The van der Waals surface area contributed by atoms with Crippen LogP contribution in [-0.4, -0.2) is 44.2 Å². The first kappa shape index (κ1) is 24.2. The smallest absolute Gasteiger partial charge is 0.334 e. The maximum absolute atomic E-state index is 12.6. The molecule has 31 heavy (non-hydrogen) atoms. The van der Waals surface area contributed by atoms with E-state index in [2.05, 4.69) is 5.32 Å². The van der Waals surface area contributed by atoms with Crippen molar-refractivity contribution in [2.75, 3.05) is 21.3 Å². The second-order valence-electron chi connectivity index (χ2n) is 6.47. The normalized spacial score (nSPS) is 12.1. The fourth-order valence-electron chi connectivity index (χ4n) is 2.85. The lowest BCUT2D eigenvalue weighted by Gasteiger charge is -2.17. The Morgan fingerprint density at radius 1 is 1.06 bits per heavy atom. The van der Waals surface area contributed by atoms with Crippen LogP contribution in [0.5, 0.6) is 0 Å². The first-order valence-electron chi connectivity index (χ1n) is 9.13. The van der Waals surface area contributed by atoms with Crippen molar-refractivity contribution < 1.29 is 32.9 Å². The van der Waals surface area contributed by atoms with Gasteiger partial charge in [-0.05, 0) is 17.7 Å². The van der Waals surface area contributed by atoms with Crippen molar-refractivity contribution in [2.45, 2.75) is 18.6 Å². The van der Waals surface area contributed by atoms with E-state index in [1.807, 2.05) is 0 Å². The number of hydrogen-bond acceptors (Lipinski definition) is 8. The predicted molar refractivity (Wildman–Crippen MR) is 112 cm³/mol. The predicted octanol–water partition coefficient (Wildman–Crippen LogP) is 3.09. The number of hydrogen-bond donors (Lipinski definition) is 1. The van der Waals surface area contributed by atoms with Crippen LogP contribution in [0.1, 0.15) is 21.5 Å². The second-order valence-corrected chi connectivity index (χ2v) is 8.74. The summed E-state index contributed by atoms with van der Waals surface area (Å²) in [6.07, 6.45) is -0.0805. The SMILES string of the molecule is COC(=O)[C@H](Cc1ccccc1[N+](=O)[O-])NC(=O)c1ccc(CP(=O)(OC)OC)cc1. The molecular weight excluding hydrogens is 427 g/mol. The highest BCUT2D eigenvalue weighted by Gasteiger charge is 2.26. The molecule has 0 radical (unpaired) electrons. The molecule has 11 heteroatoms. The molecular formula is C20H23N2O8P. The van der Waals surface area contributed by atoms with Crippen molar-refractivity contribution in [3.8, 4) is 0 Å². The fourth-order valence-corrected chi connectivity index (χ4v) is 3.91. The number of ether oxygens (including phenoxy) is 1. The third-order valence-corrected chi connectivity index (χ3v) is 6.42. The summed E-state index contributed by atoms with van der Waals surface area (Å²) in [7, 11) is 0.492. The maximum atomic E-state index is 12.6. The summed E-state index contributed by atoms with van der Waals surface area (Å²) in [5, 5.41) is 13.8. The topological polar surface area (TPSA) is 134 Å². The summed E-state index contributed by atoms with van der Waals surface area (Å²) in [5.41, 5.74) is 1.00. The zero-order valence-electron chi connectivity index (χ0n) is 17.3. The third-order valence-electron chi connectivity index (χ3n) is 4.55. The number of nitro groups is 1. The van der Waals surface area contributed by atoms with E-state index in [1.54, 1.807) is 18.2 Å². The van der Waals surface area contributed by atoms with Crippen LogP contribution in [0.15, 0.2) is 48.5 Å². The molecule has 2 rings (SSSR count). The van der Waals surface area contributed by atoms with Crippen LogP contribution in [0.2, 0.25) is 0 Å². The number of benzene rings is 2. The highest BCUT2D eigenvalue weighted by molar-refractivity contribution is 7.52. The molecule has 0 heterocycles. The highest BCUT2D eigenvalue weighted by atomic mass is 31.2. The summed E-state index contributed by atoms with van der Waals surface area (Å²) >= 11 is 0. The van der Waals surface area contributed by atoms with Gasteiger partial charge in [-0.25, -0.2) is 4.79 Å². The molecule has 1 N–H and O–H groups in total. The number of nitro benzene ring substituents is 1. The van der Waals surface area contributed by atoms with E-state index in [-0.39, 0.29) is 29.4 Å². The van der Waals surface area contributed by atoms with E-state index < -0.39 is 30.4 Å². The van der Waals surface area contributed by atoms with Gasteiger partial charge >= 0.3 is 13.6 Å². The van der Waals surface area contributed by atoms with E-state index in [0.29, 0.717) is 5.56 Å². The minimum Gasteiger partial charge on any atom is -0.467 e. The number of nitrogens with zero attached hydrogens (tertiary/aromatic N) is 1. The molecule has 0 saturated heterocycles. The molecule has 1 atom stereocenters. The molecule has 0 bridgehead atoms. The monoisotopic (exact) mass is 450 g/mol. The highest BCUT2D eigenvalue weighted by Crippen LogP contribution is 2.49. The zero-order valence-corrected chi connectivity index (χ0v) is 18.2. The lowest BCUT2D eigenvalue weighted by molar-refractivity contribution is -0.385. The van der Waals surface area contributed by atoms with Crippen LogP contribution in [0.25, 0.3) is 0 Å². The van der Waals surface area contributed by atoms with Crippen molar-refractivity contribution >= 4 is 25.2 Å². The second kappa shape index (κ2) is 10.8. The van der Waals surface area contributed by atoms with Gasteiger partial charge in [0.05, 0.1) is 18.2 Å². The van der Waals surface area contributed by atoms with Gasteiger partial charge in [0.25, 0.3) is 11.6 Å². The number of amides is 1. The van der Waals surface area contributed by atoms with Crippen molar-refractivity contribution in [2.24, 2.45) is 0 Å². The molecule has 0 aliphatic heterocycles. The van der Waals surface area contributed by atoms with Gasteiger partial charge in [0, 0.05) is 37.8 Å². The number of para-hydroxylation sites is 1. The van der Waals surface area contributed by atoms with E-state index in [9.17, 15) is 24.3 Å². The molecule has 0 saturated carbocycles. The van der Waals surface area contributed by atoms with E-state index in [4.69, 9.17) is 13.8 Å². The van der Waals surface area contributed by atoms with Gasteiger partial charge in [0.2, 0.25) is 0 Å². The van der Waals surface area contributed by atoms with Crippen molar-refractivity contribution in [3.63, 3.8) is 0 Å². The van der Waals surface area contributed by atoms with E-state index in [0.717, 1.165) is 0 Å². The summed E-state index contributed by atoms with van der Waals surface area (Å²) in [6, 6.07) is 11.0. The van der Waals surface area contributed by atoms with Crippen LogP contribution < -0.4 is 5.32 Å². The fraction of sp³-hybridized carbons (Fsp3) is 0.300. The molecule has 0 fully saturated rings. The average Bonchev–Trinajstić information content (AvgIpc) is 2.78. The summed E-state index contributed by atoms with van der Waals surface area (Å²) in [4.78, 5) is 35.5. The number of methoxy groups -OCH3 is 1. The van der Waals surface area contributed by atoms with Crippen molar-refractivity contribution in [1.82, 2.24) is 5.32 Å². The maximum Gasteiger partial charge on any atom is 0.334 e. The number of esters is 1. The van der Waals surface area contributed by atoms with Crippen LogP contribution in [0.3, 0.4) is 0 Å². The Balaban J connectivity index is 2.17. The third kappa shape index (κ3) is 6.45. The Morgan fingerprint density at radius 2 is 1.68 bits per heavy atom. The Kier molecular flexibility index (Phi) is 8.44. The van der Waals surface area contributed by atoms with Gasteiger partial charge in [0.1, 0.15) is 6.04 Å². The van der Waals surface area contributed by atoms with Gasteiger partial charge in [-0.3, -0.25) is 19.5 Å². The molecule has 0 unspecified atom stereocenters. The number of carbonyl (C=O) groups is 2. The van der Waals surface area contributed by atoms with Crippen molar-refractivity contribution in [1.29, 1.82) is 0 Å².